The van der Waals surface area contributed by atoms with Crippen molar-refractivity contribution in [3.63, 3.8) is 0 Å². The van der Waals surface area contributed by atoms with Crippen LogP contribution in [0.2, 0.25) is 129 Å². The predicted octanol–water partition coefficient (Wildman–Crippen LogP) is 11.0. The molecule has 0 aromatic carbocycles. The zero-order chi connectivity index (χ0) is 49.4. The molecule has 0 rings (SSSR count). The molecule has 0 radical (unpaired) electrons. The number of hydrogen-bond donors (Lipinski definition) is 4. The van der Waals surface area contributed by atoms with Crippen molar-refractivity contribution < 1.29 is 55.2 Å². The monoisotopic (exact) mass is 1050 g/mol. The van der Waals surface area contributed by atoms with E-state index < -0.39 is 91.0 Å². The second-order valence-corrected chi connectivity index (χ2v) is 63.2. The van der Waals surface area contributed by atoms with Crippen LogP contribution in [0.1, 0.15) is 90.4 Å². The van der Waals surface area contributed by atoms with Crippen molar-refractivity contribution in [2.24, 2.45) is 0 Å². The molecule has 0 amide bonds. The lowest BCUT2D eigenvalue weighted by molar-refractivity contribution is -0.0674. The minimum absolute atomic E-state index is 0.0181. The lowest BCUT2D eigenvalue weighted by atomic mass is 10.1. The molecule has 6 atom stereocenters. The molecule has 64 heavy (non-hydrogen) atoms. The molecule has 20 heteroatoms. The quantitative estimate of drug-likeness (QED) is 0.0340. The maximum atomic E-state index is 10.5. The van der Waals surface area contributed by atoms with E-state index in [1.165, 1.54) is 70.6 Å². The van der Waals surface area contributed by atoms with Crippen molar-refractivity contribution in [2.45, 2.75) is 238 Å². The van der Waals surface area contributed by atoms with Crippen LogP contribution in [0.3, 0.4) is 0 Å². The Morgan fingerprint density at radius 3 is 1.25 bits per heavy atom. The number of aliphatic hydroxyl groups excluding tert-OH is 4. The van der Waals surface area contributed by atoms with Crippen molar-refractivity contribution in [3.8, 4) is 0 Å². The second-order valence-electron chi connectivity index (χ2n) is 23.2. The standard InChI is InChI=1S/C44H106O12Si8/c1-18-19-20-21-22-23-24-25-26-27-28-29-32-62(15,54-61(13,14)53-58(5,6)7)55-63(16,35-34-60(11,12)52-57(2,3)4)56-64(17,59(8,9)10)33-30-31-49-38-43(47)39-51-41-44(48)40-50-37-42(46)36-45/h42-48H,18-41H2,1-17H3. The van der Waals surface area contributed by atoms with Gasteiger partial charge in [-0.05, 0) is 116 Å². The first-order valence-corrected chi connectivity index (χ1v) is 50.1. The van der Waals surface area contributed by atoms with E-state index in [1.54, 1.807) is 0 Å². The van der Waals surface area contributed by atoms with Crippen LogP contribution in [0, 0.1) is 0 Å². The predicted molar refractivity (Wildman–Crippen MR) is 288 cm³/mol. The number of aliphatic hydroxyl groups is 4. The Balaban J connectivity index is 6.08. The van der Waals surface area contributed by atoms with E-state index in [-0.39, 0.29) is 33.0 Å². The summed E-state index contributed by atoms with van der Waals surface area (Å²) < 4.78 is 53.4. The summed E-state index contributed by atoms with van der Waals surface area (Å²) >= 11 is 0. The highest BCUT2D eigenvalue weighted by atomic mass is 29.3. The molecule has 0 spiro atoms. The smallest absolute Gasteiger partial charge is 0.317 e. The second kappa shape index (κ2) is 31.6. The van der Waals surface area contributed by atoms with Crippen LogP contribution >= 0.6 is 0 Å². The van der Waals surface area contributed by atoms with E-state index in [9.17, 15) is 15.3 Å². The molecule has 0 aliphatic carbocycles. The summed E-state index contributed by atoms with van der Waals surface area (Å²) in [7, 11) is -18.0. The molecule has 0 aromatic rings. The molecule has 0 fully saturated rings. The Bertz CT molecular complexity index is 1190. The largest absolute Gasteiger partial charge is 0.456 e. The van der Waals surface area contributed by atoms with Crippen LogP contribution in [0.25, 0.3) is 0 Å². The molecule has 386 valence electrons. The zero-order valence-electron chi connectivity index (χ0n) is 44.8. The average molecular weight is 1050 g/mol. The summed E-state index contributed by atoms with van der Waals surface area (Å²) in [6, 6.07) is 3.77. The van der Waals surface area contributed by atoms with Crippen molar-refractivity contribution in [2.75, 3.05) is 46.2 Å². The van der Waals surface area contributed by atoms with Crippen molar-refractivity contribution in [3.05, 3.63) is 0 Å². The molecule has 12 nitrogen and oxygen atoms in total. The molecule has 0 heterocycles. The van der Waals surface area contributed by atoms with Gasteiger partial charge < -0.3 is 55.2 Å². The van der Waals surface area contributed by atoms with Crippen LogP contribution in [-0.2, 0) is 34.8 Å². The van der Waals surface area contributed by atoms with Gasteiger partial charge in [0.1, 0.15) is 18.3 Å². The van der Waals surface area contributed by atoms with Crippen molar-refractivity contribution in [1.82, 2.24) is 0 Å². The third-order valence-electron chi connectivity index (χ3n) is 11.4. The third-order valence-corrected chi connectivity index (χ3v) is 51.2. The first-order chi connectivity index (χ1) is 29.3. The fourth-order valence-electron chi connectivity index (χ4n) is 8.29. The molecule has 0 aliphatic heterocycles. The maximum absolute atomic E-state index is 10.5. The minimum atomic E-state index is -2.87. The van der Waals surface area contributed by atoms with Gasteiger partial charge in [0.15, 0.2) is 32.8 Å². The van der Waals surface area contributed by atoms with Crippen LogP contribution in [0.4, 0.5) is 0 Å². The van der Waals surface area contributed by atoms with Crippen LogP contribution in [-0.4, -0.2) is 151 Å². The molecular formula is C44H106O12Si8. The number of ether oxygens (including phenoxy) is 3. The maximum Gasteiger partial charge on any atom is 0.317 e. The number of hydrogen-bond acceptors (Lipinski definition) is 12. The lowest BCUT2D eigenvalue weighted by Crippen LogP contribution is -2.66. The Morgan fingerprint density at radius 2 is 0.812 bits per heavy atom. The van der Waals surface area contributed by atoms with Gasteiger partial charge in [0, 0.05) is 6.61 Å². The van der Waals surface area contributed by atoms with Gasteiger partial charge in [0.2, 0.25) is 0 Å². The normalized spacial score (nSPS) is 17.8. The van der Waals surface area contributed by atoms with E-state index in [2.05, 4.69) is 112 Å². The molecule has 6 unspecified atom stereocenters. The topological polar surface area (TPSA) is 155 Å². The lowest BCUT2D eigenvalue weighted by Gasteiger charge is -2.49. The SMILES string of the molecule is CCCCCCCCCCCCCC[Si](C)(O[Si](C)(C)O[Si](C)(C)C)O[Si](C)(CC[Si](C)(C)O[Si](C)(C)C)O[Si](C)(CCCOCC(O)COCC(O)COCC(O)CO)[Si](C)(C)C. The fourth-order valence-corrected chi connectivity index (χ4v) is 51.9. The summed E-state index contributed by atoms with van der Waals surface area (Å²) in [4.78, 5) is 0. The van der Waals surface area contributed by atoms with Crippen molar-refractivity contribution >= 4 is 66.1 Å². The highest BCUT2D eigenvalue weighted by Crippen LogP contribution is 2.38. The van der Waals surface area contributed by atoms with Crippen molar-refractivity contribution in [1.29, 1.82) is 0 Å². The van der Waals surface area contributed by atoms with Gasteiger partial charge in [-0.15, -0.1) is 0 Å². The van der Waals surface area contributed by atoms with E-state index in [1.807, 2.05) is 0 Å². The molecule has 0 aliphatic rings. The van der Waals surface area contributed by atoms with E-state index >= 15 is 0 Å². The van der Waals surface area contributed by atoms with Crippen LogP contribution in [0.5, 0.6) is 0 Å². The van der Waals surface area contributed by atoms with Gasteiger partial charge in [-0.3, -0.25) is 0 Å². The van der Waals surface area contributed by atoms with E-state index in [0.717, 1.165) is 37.0 Å². The molecule has 0 bridgehead atoms. The first kappa shape index (κ1) is 65.3. The van der Waals surface area contributed by atoms with E-state index in [0.29, 0.717) is 6.61 Å². The first-order valence-electron chi connectivity index (χ1n) is 25.2. The zero-order valence-corrected chi connectivity index (χ0v) is 52.8. The van der Waals surface area contributed by atoms with Gasteiger partial charge in [-0.2, -0.15) is 0 Å². The van der Waals surface area contributed by atoms with Gasteiger partial charge in [-0.25, -0.2) is 0 Å². The van der Waals surface area contributed by atoms with Gasteiger partial charge in [0.25, 0.3) is 0 Å². The molecule has 0 saturated heterocycles. The van der Waals surface area contributed by atoms with E-state index in [4.69, 9.17) is 39.9 Å². The highest BCUT2D eigenvalue weighted by molar-refractivity contribution is 7.39. The average Bonchev–Trinajstić information content (AvgIpc) is 3.11. The Labute approximate surface area is 403 Å². The fraction of sp³-hybridized carbons (Fsp3) is 1.00. The molecule has 0 saturated carbocycles. The van der Waals surface area contributed by atoms with Crippen LogP contribution < -0.4 is 0 Å². The van der Waals surface area contributed by atoms with Gasteiger partial charge >= 0.3 is 25.7 Å². The third kappa shape index (κ3) is 33.7. The highest BCUT2D eigenvalue weighted by Gasteiger charge is 2.53. The van der Waals surface area contributed by atoms with Gasteiger partial charge in [0.05, 0.1) is 47.2 Å². The summed E-state index contributed by atoms with van der Waals surface area (Å²) in [6.45, 7) is 39.7. The Hall–Kier alpha value is 1.26. The van der Waals surface area contributed by atoms with Gasteiger partial charge in [-0.1, -0.05) is 104 Å². The Kier molecular flexibility index (Phi) is 32.2. The van der Waals surface area contributed by atoms with Crippen LogP contribution in [0.15, 0.2) is 0 Å². The number of unbranched alkanes of at least 4 members (excludes halogenated alkanes) is 11. The number of rotatable bonds is 42. The molecular weight excluding hydrogens is 945 g/mol. The summed E-state index contributed by atoms with van der Waals surface area (Å²) in [5, 5.41) is 38.9. The summed E-state index contributed by atoms with van der Waals surface area (Å²) in [5.74, 6) is 0. The molecule has 0 aromatic heterocycles. The minimum Gasteiger partial charge on any atom is -0.456 e. The molecule has 4 N–H and O–H groups in total. The summed E-state index contributed by atoms with van der Waals surface area (Å²) in [5.41, 5.74) is 0. The Morgan fingerprint density at radius 1 is 0.391 bits per heavy atom. The summed E-state index contributed by atoms with van der Waals surface area (Å²) in [6.07, 6.45) is 13.9.